The van der Waals surface area contributed by atoms with Crippen LogP contribution in [0, 0.1) is 13.8 Å². The van der Waals surface area contributed by atoms with Crippen LogP contribution in [0.15, 0.2) is 35.7 Å². The van der Waals surface area contributed by atoms with E-state index in [1.807, 2.05) is 26.0 Å². The average Bonchev–Trinajstić information content (AvgIpc) is 2.55. The van der Waals surface area contributed by atoms with Gasteiger partial charge >= 0.3 is 0 Å². The summed E-state index contributed by atoms with van der Waals surface area (Å²) in [6, 6.07) is 5.48. The Balaban J connectivity index is 1.99. The molecule has 0 aromatic heterocycles. The molecule has 0 bridgehead atoms. The van der Waals surface area contributed by atoms with Crippen LogP contribution < -0.4 is 10.2 Å². The lowest BCUT2D eigenvalue weighted by molar-refractivity contribution is -0.895. The molecule has 0 spiro atoms. The fourth-order valence-electron chi connectivity index (χ4n) is 2.82. The van der Waals surface area contributed by atoms with Crippen molar-refractivity contribution in [2.45, 2.75) is 18.7 Å². The number of piperazine rings is 1. The molecule has 1 amide bonds. The number of nitrogens with one attached hydrogen (secondary N) is 2. The SMILES string of the molecule is C=CCNC(=O)C[NH+]1CCN(S(=O)(=O)c2cc(C)ccc2C)CC1. The van der Waals surface area contributed by atoms with Crippen LogP contribution in [0.2, 0.25) is 0 Å². The number of quaternary nitrogens is 1. The van der Waals surface area contributed by atoms with Gasteiger partial charge in [-0.3, -0.25) is 4.79 Å². The molecule has 1 aliphatic heterocycles. The van der Waals surface area contributed by atoms with Crippen molar-refractivity contribution in [2.75, 3.05) is 39.3 Å². The number of benzene rings is 1. The second kappa shape index (κ2) is 7.92. The molecule has 2 rings (SSSR count). The number of hydrogen-bond acceptors (Lipinski definition) is 3. The standard InChI is InChI=1S/C17H25N3O3S/c1-4-7-18-17(21)13-19-8-10-20(11-9-19)24(22,23)16-12-14(2)5-6-15(16)3/h4-6,12H,1,7-11,13H2,2-3H3,(H,18,21)/p+1. The molecule has 0 radical (unpaired) electrons. The quantitative estimate of drug-likeness (QED) is 0.678. The van der Waals surface area contributed by atoms with Crippen molar-refractivity contribution in [1.29, 1.82) is 0 Å². The first-order chi connectivity index (χ1) is 11.3. The van der Waals surface area contributed by atoms with Gasteiger partial charge in [-0.1, -0.05) is 18.2 Å². The number of carbonyl (C=O) groups is 1. The van der Waals surface area contributed by atoms with Gasteiger partial charge in [0.1, 0.15) is 0 Å². The molecule has 132 valence electrons. The summed E-state index contributed by atoms with van der Waals surface area (Å²) in [6.07, 6.45) is 1.64. The lowest BCUT2D eigenvalue weighted by Crippen LogP contribution is -3.15. The second-order valence-electron chi connectivity index (χ2n) is 6.19. The van der Waals surface area contributed by atoms with Gasteiger partial charge in [0, 0.05) is 6.54 Å². The maximum Gasteiger partial charge on any atom is 0.275 e. The molecule has 0 aliphatic carbocycles. The normalized spacial score (nSPS) is 16.8. The third kappa shape index (κ3) is 4.43. The molecule has 0 atom stereocenters. The Bertz CT molecular complexity index is 708. The van der Waals surface area contributed by atoms with Crippen LogP contribution in [-0.2, 0) is 14.8 Å². The first-order valence-electron chi connectivity index (χ1n) is 8.13. The smallest absolute Gasteiger partial charge is 0.275 e. The molecule has 6 nitrogen and oxygen atoms in total. The van der Waals surface area contributed by atoms with E-state index in [0.717, 1.165) is 16.0 Å². The zero-order chi connectivity index (χ0) is 17.7. The van der Waals surface area contributed by atoms with E-state index in [4.69, 9.17) is 0 Å². The maximum absolute atomic E-state index is 12.9. The largest absolute Gasteiger partial charge is 0.348 e. The number of aryl methyl sites for hydroxylation is 2. The van der Waals surface area contributed by atoms with Crippen LogP contribution in [0.3, 0.4) is 0 Å². The molecule has 7 heteroatoms. The van der Waals surface area contributed by atoms with E-state index in [-0.39, 0.29) is 5.91 Å². The predicted molar refractivity (Wildman–Crippen MR) is 93.4 cm³/mol. The Labute approximate surface area is 144 Å². The van der Waals surface area contributed by atoms with E-state index < -0.39 is 10.0 Å². The van der Waals surface area contributed by atoms with Gasteiger partial charge in [0.05, 0.1) is 31.1 Å². The van der Waals surface area contributed by atoms with Crippen molar-refractivity contribution in [2.24, 2.45) is 0 Å². The first kappa shape index (κ1) is 18.6. The second-order valence-corrected chi connectivity index (χ2v) is 8.10. The molecule has 1 aromatic rings. The van der Waals surface area contributed by atoms with Gasteiger partial charge in [0.2, 0.25) is 10.0 Å². The predicted octanol–water partition coefficient (Wildman–Crippen LogP) is -0.505. The Morgan fingerprint density at radius 3 is 2.62 bits per heavy atom. The summed E-state index contributed by atoms with van der Waals surface area (Å²) in [6.45, 7) is 10.2. The van der Waals surface area contributed by atoms with Gasteiger partial charge in [-0.15, -0.1) is 6.58 Å². The summed E-state index contributed by atoms with van der Waals surface area (Å²) in [7, 11) is -3.48. The van der Waals surface area contributed by atoms with Crippen LogP contribution in [0.1, 0.15) is 11.1 Å². The fourth-order valence-corrected chi connectivity index (χ4v) is 4.57. The lowest BCUT2D eigenvalue weighted by atomic mass is 10.2. The Hall–Kier alpha value is -1.70. The van der Waals surface area contributed by atoms with Gasteiger partial charge in [-0.25, -0.2) is 8.42 Å². The highest BCUT2D eigenvalue weighted by molar-refractivity contribution is 7.89. The van der Waals surface area contributed by atoms with Crippen LogP contribution in [-0.4, -0.2) is 57.9 Å². The lowest BCUT2D eigenvalue weighted by Gasteiger charge is -2.31. The van der Waals surface area contributed by atoms with Crippen LogP contribution >= 0.6 is 0 Å². The summed E-state index contributed by atoms with van der Waals surface area (Å²) in [4.78, 5) is 13.2. The number of carbonyl (C=O) groups excluding carboxylic acids is 1. The molecule has 1 heterocycles. The van der Waals surface area contributed by atoms with Crippen molar-refractivity contribution in [3.05, 3.63) is 42.0 Å². The monoisotopic (exact) mass is 352 g/mol. The van der Waals surface area contributed by atoms with E-state index in [2.05, 4.69) is 11.9 Å². The molecule has 0 saturated carbocycles. The van der Waals surface area contributed by atoms with Crippen molar-refractivity contribution in [1.82, 2.24) is 9.62 Å². The molecule has 1 saturated heterocycles. The number of sulfonamides is 1. The zero-order valence-electron chi connectivity index (χ0n) is 14.3. The third-order valence-corrected chi connectivity index (χ3v) is 6.29. The number of rotatable bonds is 6. The van der Waals surface area contributed by atoms with Gasteiger partial charge < -0.3 is 10.2 Å². The van der Waals surface area contributed by atoms with Crippen molar-refractivity contribution < 1.29 is 18.1 Å². The highest BCUT2D eigenvalue weighted by Gasteiger charge is 2.31. The summed E-state index contributed by atoms with van der Waals surface area (Å²) < 4.78 is 27.2. The van der Waals surface area contributed by atoms with Gasteiger partial charge in [0.15, 0.2) is 6.54 Å². The van der Waals surface area contributed by atoms with Crippen LogP contribution in [0.25, 0.3) is 0 Å². The minimum absolute atomic E-state index is 0.0317. The maximum atomic E-state index is 12.9. The van der Waals surface area contributed by atoms with Gasteiger partial charge in [-0.2, -0.15) is 4.31 Å². The summed E-state index contributed by atoms with van der Waals surface area (Å²) in [5.74, 6) is -0.0317. The molecule has 0 unspecified atom stereocenters. The molecule has 2 N–H and O–H groups in total. The molecular weight excluding hydrogens is 326 g/mol. The van der Waals surface area contributed by atoms with E-state index in [1.165, 1.54) is 4.31 Å². The number of nitrogens with zero attached hydrogens (tertiary/aromatic N) is 1. The molecule has 1 aliphatic rings. The molecule has 1 fully saturated rings. The Kier molecular flexibility index (Phi) is 6.15. The van der Waals surface area contributed by atoms with Gasteiger partial charge in [0.25, 0.3) is 5.91 Å². The summed E-state index contributed by atoms with van der Waals surface area (Å²) in [5, 5.41) is 2.75. The summed E-state index contributed by atoms with van der Waals surface area (Å²) in [5.41, 5.74) is 1.70. The highest BCUT2D eigenvalue weighted by Crippen LogP contribution is 2.21. The summed E-state index contributed by atoms with van der Waals surface area (Å²) >= 11 is 0. The number of amides is 1. The van der Waals surface area contributed by atoms with E-state index in [9.17, 15) is 13.2 Å². The molecule has 24 heavy (non-hydrogen) atoms. The van der Waals surface area contributed by atoms with Crippen molar-refractivity contribution in [3.8, 4) is 0 Å². The highest BCUT2D eigenvalue weighted by atomic mass is 32.2. The van der Waals surface area contributed by atoms with Crippen LogP contribution in [0.4, 0.5) is 0 Å². The van der Waals surface area contributed by atoms with E-state index >= 15 is 0 Å². The topological polar surface area (TPSA) is 70.9 Å². The number of hydrogen-bond donors (Lipinski definition) is 2. The molecular formula is C17H26N3O3S+. The van der Waals surface area contributed by atoms with Crippen molar-refractivity contribution in [3.63, 3.8) is 0 Å². The first-order valence-corrected chi connectivity index (χ1v) is 9.57. The van der Waals surface area contributed by atoms with E-state index in [0.29, 0.717) is 44.2 Å². The van der Waals surface area contributed by atoms with Gasteiger partial charge in [-0.05, 0) is 31.0 Å². The molecule has 1 aromatic carbocycles. The third-order valence-electron chi connectivity index (χ3n) is 4.25. The van der Waals surface area contributed by atoms with Crippen LogP contribution in [0.5, 0.6) is 0 Å². The minimum atomic E-state index is -3.48. The average molecular weight is 352 g/mol. The fraction of sp³-hybridized carbons (Fsp3) is 0.471. The Morgan fingerprint density at radius 2 is 2.00 bits per heavy atom. The minimum Gasteiger partial charge on any atom is -0.348 e. The Morgan fingerprint density at radius 1 is 1.33 bits per heavy atom. The van der Waals surface area contributed by atoms with E-state index in [1.54, 1.807) is 12.1 Å². The van der Waals surface area contributed by atoms with Crippen molar-refractivity contribution >= 4 is 15.9 Å². The zero-order valence-corrected chi connectivity index (χ0v) is 15.2.